The van der Waals surface area contributed by atoms with Crippen molar-refractivity contribution in [3.05, 3.63) is 50.9 Å². The number of hydrogen-bond acceptors (Lipinski definition) is 4. The van der Waals surface area contributed by atoms with Crippen molar-refractivity contribution < 1.29 is 0 Å². The van der Waals surface area contributed by atoms with E-state index in [-0.39, 0.29) is 5.56 Å². The van der Waals surface area contributed by atoms with E-state index in [9.17, 15) is 4.79 Å². The summed E-state index contributed by atoms with van der Waals surface area (Å²) in [6.45, 7) is 0. The summed E-state index contributed by atoms with van der Waals surface area (Å²) in [5, 5.41) is 11.4. The predicted octanol–water partition coefficient (Wildman–Crippen LogP) is 1.30. The van der Waals surface area contributed by atoms with E-state index in [1.807, 2.05) is 18.2 Å². The van der Waals surface area contributed by atoms with Crippen LogP contribution in [0.3, 0.4) is 0 Å². The second-order valence-corrected chi connectivity index (χ2v) is 4.60. The normalized spacial score (nSPS) is 11.0. The Labute approximate surface area is 113 Å². The average Bonchev–Trinajstić information content (AvgIpc) is 2.81. The summed E-state index contributed by atoms with van der Waals surface area (Å²) in [5.74, 6) is 0.696. The van der Waals surface area contributed by atoms with Crippen molar-refractivity contribution >= 4 is 23.0 Å². The van der Waals surface area contributed by atoms with E-state index < -0.39 is 0 Å². The Morgan fingerprint density at radius 1 is 1.26 bits per heavy atom. The van der Waals surface area contributed by atoms with E-state index in [0.29, 0.717) is 22.4 Å². The maximum Gasteiger partial charge on any atom is 0.274 e. The molecule has 0 bridgehead atoms. The van der Waals surface area contributed by atoms with Gasteiger partial charge in [0.05, 0.1) is 17.5 Å². The van der Waals surface area contributed by atoms with Gasteiger partial charge in [-0.25, -0.2) is 9.67 Å². The molecule has 96 valence electrons. The minimum absolute atomic E-state index is 0.102. The monoisotopic (exact) mass is 273 g/mol. The van der Waals surface area contributed by atoms with Gasteiger partial charge in [0.25, 0.3) is 5.56 Å². The van der Waals surface area contributed by atoms with Gasteiger partial charge >= 0.3 is 0 Å². The van der Waals surface area contributed by atoms with Crippen molar-refractivity contribution in [1.29, 1.82) is 0 Å². The van der Waals surface area contributed by atoms with Crippen LogP contribution in [0.25, 0.3) is 10.8 Å². The fraction of sp³-hybridized carbons (Fsp3) is 0.167. The van der Waals surface area contributed by atoms with E-state index in [2.05, 4.69) is 20.3 Å². The summed E-state index contributed by atoms with van der Waals surface area (Å²) in [6.07, 6.45) is 0.488. The van der Waals surface area contributed by atoms with Crippen molar-refractivity contribution in [3.8, 4) is 0 Å². The minimum Gasteiger partial charge on any atom is -0.285 e. The lowest BCUT2D eigenvalue weighted by Gasteiger charge is -2.06. The molecule has 1 aromatic carbocycles. The largest absolute Gasteiger partial charge is 0.285 e. The average molecular weight is 273 g/mol. The van der Waals surface area contributed by atoms with Crippen LogP contribution in [0.5, 0.6) is 0 Å². The Balaban J connectivity index is 2.21. The number of aryl methyl sites for hydroxylation is 1. The summed E-state index contributed by atoms with van der Waals surface area (Å²) >= 11 is 4.92. The number of aromatic nitrogens is 5. The summed E-state index contributed by atoms with van der Waals surface area (Å²) in [7, 11) is 1.64. The van der Waals surface area contributed by atoms with Crippen LogP contribution in [0.1, 0.15) is 11.5 Å². The van der Waals surface area contributed by atoms with E-state index in [4.69, 9.17) is 12.2 Å². The number of hydrogen-bond donors (Lipinski definition) is 2. The molecule has 6 nitrogen and oxygen atoms in total. The van der Waals surface area contributed by atoms with Crippen LogP contribution in [0, 0.1) is 4.77 Å². The molecular formula is C12H11N5OS. The smallest absolute Gasteiger partial charge is 0.274 e. The Morgan fingerprint density at radius 2 is 2.00 bits per heavy atom. The van der Waals surface area contributed by atoms with Gasteiger partial charge in [-0.1, -0.05) is 18.2 Å². The molecule has 0 aliphatic rings. The summed E-state index contributed by atoms with van der Waals surface area (Å²) in [6, 6.07) is 7.42. The molecule has 0 saturated carbocycles. The highest BCUT2D eigenvalue weighted by molar-refractivity contribution is 7.71. The lowest BCUT2D eigenvalue weighted by Crippen LogP contribution is -2.21. The Morgan fingerprint density at radius 3 is 2.68 bits per heavy atom. The zero-order chi connectivity index (χ0) is 13.4. The van der Waals surface area contributed by atoms with Crippen molar-refractivity contribution in [2.24, 2.45) is 7.05 Å². The van der Waals surface area contributed by atoms with Crippen molar-refractivity contribution in [2.75, 3.05) is 0 Å². The highest BCUT2D eigenvalue weighted by atomic mass is 32.1. The first-order chi connectivity index (χ1) is 9.15. The van der Waals surface area contributed by atoms with E-state index in [0.717, 1.165) is 11.1 Å². The molecule has 2 heterocycles. The molecule has 0 aliphatic heterocycles. The second kappa shape index (κ2) is 4.43. The maximum absolute atomic E-state index is 12.0. The van der Waals surface area contributed by atoms with Gasteiger partial charge in [0.15, 0.2) is 0 Å². The molecule has 3 aromatic rings. The molecule has 19 heavy (non-hydrogen) atoms. The molecule has 0 saturated heterocycles. The standard InChI is InChI=1S/C12H11N5OS/c1-17-11(18)8-5-3-2-4-7(8)9(16-17)6-10-13-12(19)15-14-10/h2-5H,6H2,1H3,(H2,13,14,15,19). The molecule has 0 atom stereocenters. The number of aromatic amines is 2. The molecule has 0 aliphatic carbocycles. The summed E-state index contributed by atoms with van der Waals surface area (Å²) in [5.41, 5.74) is 0.685. The number of benzene rings is 1. The van der Waals surface area contributed by atoms with Crippen molar-refractivity contribution in [2.45, 2.75) is 6.42 Å². The highest BCUT2D eigenvalue weighted by Crippen LogP contribution is 2.14. The van der Waals surface area contributed by atoms with Gasteiger partial charge in [0.1, 0.15) is 5.82 Å². The molecule has 0 unspecified atom stereocenters. The van der Waals surface area contributed by atoms with Crippen LogP contribution in [-0.4, -0.2) is 25.0 Å². The van der Waals surface area contributed by atoms with Crippen LogP contribution in [0.4, 0.5) is 0 Å². The molecule has 7 heteroatoms. The summed E-state index contributed by atoms with van der Waals surface area (Å²) < 4.78 is 1.75. The zero-order valence-corrected chi connectivity index (χ0v) is 11.0. The lowest BCUT2D eigenvalue weighted by molar-refractivity contribution is 0.693. The van der Waals surface area contributed by atoms with Crippen LogP contribution < -0.4 is 5.56 Å². The minimum atomic E-state index is -0.102. The molecule has 0 spiro atoms. The van der Waals surface area contributed by atoms with Gasteiger partial charge in [0, 0.05) is 12.4 Å². The van der Waals surface area contributed by atoms with Crippen LogP contribution >= 0.6 is 12.2 Å². The number of nitrogens with zero attached hydrogens (tertiary/aromatic N) is 3. The van der Waals surface area contributed by atoms with Gasteiger partial charge < -0.3 is 0 Å². The van der Waals surface area contributed by atoms with E-state index in [1.54, 1.807) is 13.1 Å². The molecule has 0 radical (unpaired) electrons. The van der Waals surface area contributed by atoms with Crippen LogP contribution in [-0.2, 0) is 13.5 Å². The first-order valence-electron chi connectivity index (χ1n) is 5.73. The zero-order valence-electron chi connectivity index (χ0n) is 10.2. The molecule has 0 amide bonds. The SMILES string of the molecule is Cn1nc(Cc2nc(=S)[nH][nH]2)c2ccccc2c1=O. The fourth-order valence-corrected chi connectivity index (χ4v) is 2.21. The van der Waals surface area contributed by atoms with E-state index in [1.165, 1.54) is 4.68 Å². The third-order valence-electron chi connectivity index (χ3n) is 2.92. The Kier molecular flexibility index (Phi) is 2.75. The molecule has 2 N–H and O–H groups in total. The highest BCUT2D eigenvalue weighted by Gasteiger charge is 2.10. The first kappa shape index (κ1) is 11.8. The number of rotatable bonds is 2. The predicted molar refractivity (Wildman–Crippen MR) is 73.6 cm³/mol. The molecule has 3 rings (SSSR count). The molecule has 2 aromatic heterocycles. The number of nitrogens with one attached hydrogen (secondary N) is 2. The van der Waals surface area contributed by atoms with Gasteiger partial charge in [-0.2, -0.15) is 5.10 Å². The Hall–Kier alpha value is -2.28. The van der Waals surface area contributed by atoms with Crippen LogP contribution in [0.2, 0.25) is 0 Å². The number of fused-ring (bicyclic) bond motifs is 1. The fourth-order valence-electron chi connectivity index (χ4n) is 2.05. The number of H-pyrrole nitrogens is 2. The molecular weight excluding hydrogens is 262 g/mol. The van der Waals surface area contributed by atoms with Crippen molar-refractivity contribution in [1.82, 2.24) is 25.0 Å². The van der Waals surface area contributed by atoms with Crippen LogP contribution in [0.15, 0.2) is 29.1 Å². The lowest BCUT2D eigenvalue weighted by atomic mass is 10.1. The third-order valence-corrected chi connectivity index (χ3v) is 3.11. The van der Waals surface area contributed by atoms with Gasteiger partial charge in [-0.05, 0) is 18.3 Å². The Bertz CT molecular complexity index is 860. The quantitative estimate of drug-likeness (QED) is 0.690. The second-order valence-electron chi connectivity index (χ2n) is 4.21. The van der Waals surface area contributed by atoms with Gasteiger partial charge in [-0.15, -0.1) is 0 Å². The topological polar surface area (TPSA) is 79.4 Å². The first-order valence-corrected chi connectivity index (χ1v) is 6.14. The summed E-state index contributed by atoms with van der Waals surface area (Å²) in [4.78, 5) is 16.1. The van der Waals surface area contributed by atoms with Gasteiger partial charge in [-0.3, -0.25) is 15.0 Å². The van der Waals surface area contributed by atoms with Gasteiger partial charge in [0.2, 0.25) is 4.77 Å². The van der Waals surface area contributed by atoms with E-state index >= 15 is 0 Å². The molecule has 0 fully saturated rings. The maximum atomic E-state index is 12.0. The third kappa shape index (κ3) is 2.08. The van der Waals surface area contributed by atoms with Crippen molar-refractivity contribution in [3.63, 3.8) is 0 Å².